The molecule has 3 rings (SSSR count). The van der Waals surface area contributed by atoms with Crippen molar-refractivity contribution in [1.29, 1.82) is 0 Å². The number of esters is 1. The fourth-order valence-electron chi connectivity index (χ4n) is 3.29. The Bertz CT molecular complexity index is 918. The number of hydrogen-bond donors (Lipinski definition) is 2. The third kappa shape index (κ3) is 4.47. The molecule has 0 bridgehead atoms. The van der Waals surface area contributed by atoms with E-state index in [1.807, 2.05) is 18.4 Å². The maximum Gasteiger partial charge on any atom is 0.337 e. The number of carbonyl (C=O) groups is 3. The highest BCUT2D eigenvalue weighted by molar-refractivity contribution is 6.04. The van der Waals surface area contributed by atoms with Gasteiger partial charge in [-0.3, -0.25) is 9.59 Å². The van der Waals surface area contributed by atoms with Crippen LogP contribution in [0.2, 0.25) is 0 Å². The number of ether oxygens (including phenoxy) is 1. The molecule has 29 heavy (non-hydrogen) atoms. The summed E-state index contributed by atoms with van der Waals surface area (Å²) in [5, 5.41) is 5.72. The maximum atomic E-state index is 12.9. The summed E-state index contributed by atoms with van der Waals surface area (Å²) in [5.74, 6) is -0.846. The first-order chi connectivity index (χ1) is 13.9. The number of rotatable bonds is 6. The molecule has 1 aliphatic rings. The van der Waals surface area contributed by atoms with Crippen LogP contribution in [0.5, 0.6) is 0 Å². The number of carbonyl (C=O) groups excluding carboxylic acids is 3. The number of benzene rings is 1. The van der Waals surface area contributed by atoms with Gasteiger partial charge in [0.2, 0.25) is 0 Å². The molecular weight excluding hydrogens is 372 g/mol. The molecule has 8 heteroatoms. The fourth-order valence-corrected chi connectivity index (χ4v) is 3.29. The van der Waals surface area contributed by atoms with E-state index in [1.165, 1.54) is 7.11 Å². The Morgan fingerprint density at radius 3 is 2.55 bits per heavy atom. The topological polar surface area (TPSA) is 102 Å². The quantitative estimate of drug-likeness (QED) is 0.729. The van der Waals surface area contributed by atoms with E-state index in [0.717, 1.165) is 31.4 Å². The van der Waals surface area contributed by atoms with Crippen LogP contribution >= 0.6 is 0 Å². The summed E-state index contributed by atoms with van der Waals surface area (Å²) in [6.07, 6.45) is 3.43. The number of nitrogens with zero attached hydrogens (tertiary/aromatic N) is 2. The molecule has 2 amide bonds. The normalized spacial score (nSPS) is 13.9. The molecule has 2 aromatic rings. The third-order valence-corrected chi connectivity index (χ3v) is 5.09. The molecule has 0 saturated heterocycles. The Morgan fingerprint density at radius 1 is 1.17 bits per heavy atom. The van der Waals surface area contributed by atoms with Crippen LogP contribution in [0.3, 0.4) is 0 Å². The summed E-state index contributed by atoms with van der Waals surface area (Å²) in [7, 11) is 1.31. The van der Waals surface area contributed by atoms with Crippen molar-refractivity contribution in [3.63, 3.8) is 0 Å². The van der Waals surface area contributed by atoms with Crippen LogP contribution in [0.15, 0.2) is 24.3 Å². The van der Waals surface area contributed by atoms with Crippen molar-refractivity contribution in [3.05, 3.63) is 47.0 Å². The molecule has 1 aromatic heterocycles. The maximum absolute atomic E-state index is 12.9. The van der Waals surface area contributed by atoms with Crippen LogP contribution in [0, 0.1) is 0 Å². The third-order valence-electron chi connectivity index (χ3n) is 5.09. The second-order valence-electron chi connectivity index (χ2n) is 7.15. The predicted molar refractivity (Wildman–Crippen MR) is 108 cm³/mol. The first-order valence-corrected chi connectivity index (χ1v) is 9.84. The molecule has 154 valence electrons. The van der Waals surface area contributed by atoms with Crippen LogP contribution in [-0.4, -0.2) is 40.5 Å². The number of amides is 2. The Balaban J connectivity index is 1.83. The fraction of sp³-hybridized carbons (Fsp3) is 0.429. The zero-order valence-corrected chi connectivity index (χ0v) is 16.9. The summed E-state index contributed by atoms with van der Waals surface area (Å²) in [4.78, 5) is 41.4. The Labute approximate surface area is 169 Å². The molecule has 0 aliphatic carbocycles. The van der Waals surface area contributed by atoms with E-state index in [4.69, 9.17) is 0 Å². The van der Waals surface area contributed by atoms with Gasteiger partial charge in [-0.2, -0.15) is 0 Å². The lowest BCUT2D eigenvalue weighted by Gasteiger charge is -2.17. The number of nitrogens with one attached hydrogen (secondary N) is 2. The summed E-state index contributed by atoms with van der Waals surface area (Å²) in [6.45, 7) is 4.59. The van der Waals surface area contributed by atoms with Crippen LogP contribution in [0.1, 0.15) is 70.3 Å². The first-order valence-electron chi connectivity index (χ1n) is 9.84. The molecule has 2 N–H and O–H groups in total. The van der Waals surface area contributed by atoms with Gasteiger partial charge in [-0.1, -0.05) is 6.92 Å². The van der Waals surface area contributed by atoms with Crippen molar-refractivity contribution in [3.8, 4) is 0 Å². The highest BCUT2D eigenvalue weighted by Crippen LogP contribution is 2.22. The van der Waals surface area contributed by atoms with Crippen molar-refractivity contribution in [2.24, 2.45) is 0 Å². The lowest BCUT2D eigenvalue weighted by atomic mass is 10.1. The number of aromatic nitrogens is 2. The van der Waals surface area contributed by atoms with Crippen molar-refractivity contribution in [2.45, 2.75) is 52.1 Å². The number of hydrogen-bond acceptors (Lipinski definition) is 5. The van der Waals surface area contributed by atoms with Gasteiger partial charge in [0.15, 0.2) is 5.82 Å². The second-order valence-corrected chi connectivity index (χ2v) is 7.15. The zero-order valence-electron chi connectivity index (χ0n) is 16.9. The lowest BCUT2D eigenvalue weighted by Crippen LogP contribution is -2.33. The van der Waals surface area contributed by atoms with E-state index in [1.54, 1.807) is 24.3 Å². The van der Waals surface area contributed by atoms with E-state index < -0.39 is 5.97 Å². The number of methoxy groups -OCH3 is 1. The molecule has 1 aliphatic heterocycles. The molecule has 1 aromatic carbocycles. The molecule has 1 unspecified atom stereocenters. The minimum absolute atomic E-state index is 0.0362. The molecule has 0 saturated carbocycles. The molecule has 0 spiro atoms. The molecule has 1 atom stereocenters. The summed E-state index contributed by atoms with van der Waals surface area (Å²) in [5.41, 5.74) is 2.06. The molecule has 0 radical (unpaired) electrons. The van der Waals surface area contributed by atoms with Gasteiger partial charge >= 0.3 is 5.97 Å². The van der Waals surface area contributed by atoms with Gasteiger partial charge < -0.3 is 19.9 Å². The van der Waals surface area contributed by atoms with E-state index in [0.29, 0.717) is 23.5 Å². The minimum Gasteiger partial charge on any atom is -0.465 e. The van der Waals surface area contributed by atoms with Crippen molar-refractivity contribution in [2.75, 3.05) is 12.4 Å². The van der Waals surface area contributed by atoms with Gasteiger partial charge in [0.1, 0.15) is 5.69 Å². The lowest BCUT2D eigenvalue weighted by molar-refractivity contribution is 0.0600. The summed E-state index contributed by atoms with van der Waals surface area (Å²) >= 11 is 0. The van der Waals surface area contributed by atoms with Gasteiger partial charge in [-0.25, -0.2) is 9.78 Å². The Hall–Kier alpha value is -3.16. The highest BCUT2D eigenvalue weighted by Gasteiger charge is 2.28. The van der Waals surface area contributed by atoms with E-state index in [-0.39, 0.29) is 23.7 Å². The van der Waals surface area contributed by atoms with Crippen LogP contribution in [0.4, 0.5) is 5.69 Å². The van der Waals surface area contributed by atoms with Crippen molar-refractivity contribution >= 4 is 23.5 Å². The van der Waals surface area contributed by atoms with E-state index >= 15 is 0 Å². The average Bonchev–Trinajstić information content (AvgIpc) is 3.13. The smallest absolute Gasteiger partial charge is 0.337 e. The Kier molecular flexibility index (Phi) is 6.31. The molecule has 0 fully saturated rings. The monoisotopic (exact) mass is 398 g/mol. The highest BCUT2D eigenvalue weighted by atomic mass is 16.5. The standard InChI is InChI=1S/C21H26N4O4/c1-4-13(2)22-19(26)17-16-7-5-6-12-25(16)18(24-17)20(27)23-15-10-8-14(9-11-15)21(28)29-3/h8-11,13H,4-7,12H2,1-3H3,(H,22,26)(H,23,27). The van der Waals surface area contributed by atoms with E-state index in [2.05, 4.69) is 20.4 Å². The van der Waals surface area contributed by atoms with Crippen LogP contribution < -0.4 is 10.6 Å². The summed E-state index contributed by atoms with van der Waals surface area (Å²) in [6, 6.07) is 6.44. The summed E-state index contributed by atoms with van der Waals surface area (Å²) < 4.78 is 6.51. The largest absolute Gasteiger partial charge is 0.465 e. The number of imidazole rings is 1. The molecule has 2 heterocycles. The zero-order chi connectivity index (χ0) is 21.0. The first kappa shape index (κ1) is 20.6. The predicted octanol–water partition coefficient (Wildman–Crippen LogP) is 2.79. The number of anilines is 1. The van der Waals surface area contributed by atoms with Gasteiger partial charge in [0.05, 0.1) is 18.4 Å². The van der Waals surface area contributed by atoms with Crippen molar-refractivity contribution < 1.29 is 19.1 Å². The van der Waals surface area contributed by atoms with Gasteiger partial charge in [0.25, 0.3) is 11.8 Å². The minimum atomic E-state index is -0.442. The van der Waals surface area contributed by atoms with Crippen LogP contribution in [-0.2, 0) is 17.7 Å². The Morgan fingerprint density at radius 2 is 1.90 bits per heavy atom. The SMILES string of the molecule is CCC(C)NC(=O)c1nc(C(=O)Nc2ccc(C(=O)OC)cc2)n2c1CCCC2. The molecular formula is C21H26N4O4. The average molecular weight is 398 g/mol. The second kappa shape index (κ2) is 8.89. The van der Waals surface area contributed by atoms with Crippen molar-refractivity contribution in [1.82, 2.24) is 14.9 Å². The van der Waals surface area contributed by atoms with Gasteiger partial charge in [-0.05, 0) is 56.9 Å². The molecule has 8 nitrogen and oxygen atoms in total. The van der Waals surface area contributed by atoms with Gasteiger partial charge in [-0.15, -0.1) is 0 Å². The van der Waals surface area contributed by atoms with E-state index in [9.17, 15) is 14.4 Å². The number of fused-ring (bicyclic) bond motifs is 1. The van der Waals surface area contributed by atoms with Crippen LogP contribution in [0.25, 0.3) is 0 Å². The van der Waals surface area contributed by atoms with Gasteiger partial charge in [0, 0.05) is 18.3 Å².